The van der Waals surface area contributed by atoms with Crippen molar-refractivity contribution in [3.8, 4) is 0 Å². The monoisotopic (exact) mass is 216 g/mol. The van der Waals surface area contributed by atoms with Gasteiger partial charge in [-0.15, -0.1) is 0 Å². The van der Waals surface area contributed by atoms with Gasteiger partial charge in [0, 0.05) is 6.04 Å². The van der Waals surface area contributed by atoms with E-state index in [0.29, 0.717) is 6.42 Å². The van der Waals surface area contributed by atoms with Gasteiger partial charge in [0.05, 0.1) is 12.1 Å². The summed E-state index contributed by atoms with van der Waals surface area (Å²) >= 11 is 0. The van der Waals surface area contributed by atoms with Crippen molar-refractivity contribution >= 4 is 5.91 Å². The fourth-order valence-corrected chi connectivity index (χ4v) is 1.48. The van der Waals surface area contributed by atoms with Crippen molar-refractivity contribution in [2.24, 2.45) is 5.73 Å². The van der Waals surface area contributed by atoms with Gasteiger partial charge in [-0.25, -0.2) is 0 Å². The number of aliphatic hydroxyl groups excluding tert-OH is 1. The van der Waals surface area contributed by atoms with Crippen LogP contribution < -0.4 is 11.1 Å². The molecular weight excluding hydrogens is 192 g/mol. The van der Waals surface area contributed by atoms with E-state index in [1.807, 2.05) is 6.92 Å². The van der Waals surface area contributed by atoms with E-state index in [4.69, 9.17) is 10.8 Å². The molecule has 0 aliphatic heterocycles. The SMILES string of the molecule is CCCC[C@H](N)C(=O)NC(C)CC(C)O. The first-order chi connectivity index (χ1) is 6.97. The van der Waals surface area contributed by atoms with Crippen LogP contribution in [0, 0.1) is 0 Å². The molecule has 0 fully saturated rings. The van der Waals surface area contributed by atoms with Crippen LogP contribution in [0.25, 0.3) is 0 Å². The highest BCUT2D eigenvalue weighted by Gasteiger charge is 2.15. The fraction of sp³-hybridized carbons (Fsp3) is 0.909. The summed E-state index contributed by atoms with van der Waals surface area (Å²) in [5.41, 5.74) is 5.71. The first-order valence-corrected chi connectivity index (χ1v) is 5.71. The highest BCUT2D eigenvalue weighted by molar-refractivity contribution is 5.81. The van der Waals surface area contributed by atoms with Gasteiger partial charge in [-0.2, -0.15) is 0 Å². The number of carbonyl (C=O) groups excluding carboxylic acids is 1. The van der Waals surface area contributed by atoms with E-state index in [1.54, 1.807) is 6.92 Å². The molecule has 3 atom stereocenters. The summed E-state index contributed by atoms with van der Waals surface area (Å²) in [5.74, 6) is -0.114. The van der Waals surface area contributed by atoms with Gasteiger partial charge in [-0.1, -0.05) is 19.8 Å². The lowest BCUT2D eigenvalue weighted by Gasteiger charge is -2.18. The molecule has 15 heavy (non-hydrogen) atoms. The van der Waals surface area contributed by atoms with Crippen molar-refractivity contribution in [1.29, 1.82) is 0 Å². The van der Waals surface area contributed by atoms with Gasteiger partial charge in [-0.3, -0.25) is 4.79 Å². The molecule has 0 radical (unpaired) electrons. The molecule has 4 heteroatoms. The fourth-order valence-electron chi connectivity index (χ4n) is 1.48. The second-order valence-corrected chi connectivity index (χ2v) is 4.24. The molecule has 90 valence electrons. The topological polar surface area (TPSA) is 75.4 Å². The van der Waals surface area contributed by atoms with E-state index in [-0.39, 0.29) is 11.9 Å². The van der Waals surface area contributed by atoms with Crippen LogP contribution in [0.4, 0.5) is 0 Å². The Balaban J connectivity index is 3.80. The molecule has 4 N–H and O–H groups in total. The van der Waals surface area contributed by atoms with Gasteiger partial charge in [0.2, 0.25) is 5.91 Å². The Labute approximate surface area is 92.2 Å². The molecule has 0 saturated carbocycles. The molecule has 0 aliphatic carbocycles. The van der Waals surface area contributed by atoms with Crippen molar-refractivity contribution in [2.45, 2.75) is 64.6 Å². The van der Waals surface area contributed by atoms with Crippen molar-refractivity contribution in [3.63, 3.8) is 0 Å². The van der Waals surface area contributed by atoms with Crippen LogP contribution in [0.5, 0.6) is 0 Å². The molecule has 0 aliphatic rings. The lowest BCUT2D eigenvalue weighted by molar-refractivity contribution is -0.123. The number of hydrogen-bond acceptors (Lipinski definition) is 3. The Morgan fingerprint density at radius 3 is 2.53 bits per heavy atom. The molecule has 2 unspecified atom stereocenters. The molecular formula is C11H24N2O2. The van der Waals surface area contributed by atoms with Gasteiger partial charge in [-0.05, 0) is 26.7 Å². The van der Waals surface area contributed by atoms with Crippen molar-refractivity contribution in [3.05, 3.63) is 0 Å². The number of carbonyl (C=O) groups is 1. The maximum atomic E-state index is 11.5. The van der Waals surface area contributed by atoms with Crippen LogP contribution >= 0.6 is 0 Å². The summed E-state index contributed by atoms with van der Waals surface area (Å²) in [6.07, 6.45) is 2.91. The third-order valence-electron chi connectivity index (χ3n) is 2.29. The lowest BCUT2D eigenvalue weighted by Crippen LogP contribution is -2.45. The number of amides is 1. The zero-order valence-corrected chi connectivity index (χ0v) is 9.99. The maximum Gasteiger partial charge on any atom is 0.237 e. The molecule has 0 aromatic heterocycles. The number of aliphatic hydroxyl groups is 1. The minimum Gasteiger partial charge on any atom is -0.393 e. The van der Waals surface area contributed by atoms with E-state index in [0.717, 1.165) is 19.3 Å². The predicted octanol–water partition coefficient (Wildman–Crippen LogP) is 0.779. The van der Waals surface area contributed by atoms with Crippen molar-refractivity contribution < 1.29 is 9.90 Å². The van der Waals surface area contributed by atoms with E-state index in [1.165, 1.54) is 0 Å². The van der Waals surface area contributed by atoms with Crippen LogP contribution in [0.15, 0.2) is 0 Å². The summed E-state index contributed by atoms with van der Waals surface area (Å²) in [7, 11) is 0. The number of nitrogens with two attached hydrogens (primary N) is 1. The normalized spacial score (nSPS) is 16.9. The van der Waals surface area contributed by atoms with Gasteiger partial charge >= 0.3 is 0 Å². The zero-order valence-electron chi connectivity index (χ0n) is 9.99. The first-order valence-electron chi connectivity index (χ1n) is 5.71. The van der Waals surface area contributed by atoms with E-state index in [9.17, 15) is 4.79 Å². The number of rotatable bonds is 7. The summed E-state index contributed by atoms with van der Waals surface area (Å²) in [5, 5.41) is 11.9. The zero-order chi connectivity index (χ0) is 11.8. The van der Waals surface area contributed by atoms with Crippen LogP contribution in [0.1, 0.15) is 46.5 Å². The molecule has 0 saturated heterocycles. The minimum absolute atomic E-state index is 0.0230. The third kappa shape index (κ3) is 7.33. The predicted molar refractivity (Wildman–Crippen MR) is 61.4 cm³/mol. The Hall–Kier alpha value is -0.610. The highest BCUT2D eigenvalue weighted by Crippen LogP contribution is 2.01. The largest absolute Gasteiger partial charge is 0.393 e. The summed E-state index contributed by atoms with van der Waals surface area (Å²) in [6, 6.07) is -0.438. The minimum atomic E-state index is -0.415. The van der Waals surface area contributed by atoms with Gasteiger partial charge in [0.1, 0.15) is 0 Å². The summed E-state index contributed by atoms with van der Waals surface area (Å²) in [4.78, 5) is 11.5. The van der Waals surface area contributed by atoms with Crippen LogP contribution in [0.3, 0.4) is 0 Å². The van der Waals surface area contributed by atoms with Gasteiger partial charge in [0.15, 0.2) is 0 Å². The molecule has 0 spiro atoms. The third-order valence-corrected chi connectivity index (χ3v) is 2.29. The maximum absolute atomic E-state index is 11.5. The Kier molecular flexibility index (Phi) is 7.34. The smallest absolute Gasteiger partial charge is 0.237 e. The Morgan fingerprint density at radius 1 is 1.47 bits per heavy atom. The summed E-state index contributed by atoms with van der Waals surface area (Å²) in [6.45, 7) is 5.65. The van der Waals surface area contributed by atoms with Gasteiger partial charge in [0.25, 0.3) is 0 Å². The average molecular weight is 216 g/mol. The average Bonchev–Trinajstić information content (AvgIpc) is 2.12. The second kappa shape index (κ2) is 7.65. The van der Waals surface area contributed by atoms with Crippen molar-refractivity contribution in [1.82, 2.24) is 5.32 Å². The molecule has 0 aromatic carbocycles. The Morgan fingerprint density at radius 2 is 2.07 bits per heavy atom. The molecule has 0 heterocycles. The summed E-state index contributed by atoms with van der Waals surface area (Å²) < 4.78 is 0. The van der Waals surface area contributed by atoms with E-state index >= 15 is 0 Å². The second-order valence-electron chi connectivity index (χ2n) is 4.24. The standard InChI is InChI=1S/C11H24N2O2/c1-4-5-6-10(12)11(15)13-8(2)7-9(3)14/h8-10,14H,4-7,12H2,1-3H3,(H,13,15)/t8?,9?,10-/m0/s1. The first kappa shape index (κ1) is 14.4. The number of hydrogen-bond donors (Lipinski definition) is 3. The number of unbranched alkanes of at least 4 members (excludes halogenated alkanes) is 1. The highest BCUT2D eigenvalue weighted by atomic mass is 16.3. The molecule has 4 nitrogen and oxygen atoms in total. The lowest BCUT2D eigenvalue weighted by atomic mass is 10.1. The van der Waals surface area contributed by atoms with Crippen LogP contribution in [-0.2, 0) is 4.79 Å². The molecule has 0 rings (SSSR count). The van der Waals surface area contributed by atoms with Crippen LogP contribution in [-0.4, -0.2) is 29.2 Å². The molecule has 0 bridgehead atoms. The van der Waals surface area contributed by atoms with E-state index in [2.05, 4.69) is 12.2 Å². The molecule has 1 amide bonds. The quantitative estimate of drug-likeness (QED) is 0.588. The van der Waals surface area contributed by atoms with Gasteiger partial charge < -0.3 is 16.2 Å². The van der Waals surface area contributed by atoms with Crippen molar-refractivity contribution in [2.75, 3.05) is 0 Å². The van der Waals surface area contributed by atoms with Crippen LogP contribution in [0.2, 0.25) is 0 Å². The number of nitrogens with one attached hydrogen (secondary N) is 1. The molecule has 0 aromatic rings. The van der Waals surface area contributed by atoms with E-state index < -0.39 is 12.1 Å². The Bertz CT molecular complexity index is 183.